The zero-order valence-electron chi connectivity index (χ0n) is 10.6. The van der Waals surface area contributed by atoms with Crippen molar-refractivity contribution in [2.45, 2.75) is 6.04 Å². The second-order valence-corrected chi connectivity index (χ2v) is 4.05. The van der Waals surface area contributed by atoms with Gasteiger partial charge < -0.3 is 19.5 Å². The lowest BCUT2D eigenvalue weighted by Crippen LogP contribution is -2.46. The maximum Gasteiger partial charge on any atom is 0.182 e. The first-order valence-corrected chi connectivity index (χ1v) is 5.83. The standard InChI is InChI=1S/C13H17NO4/c1-16-10-5-9(6-11(7-10)17-2)13(15)12-8-18-4-3-14-12/h5-7,12,14H,3-4,8H2,1-2H3. The van der Waals surface area contributed by atoms with E-state index in [1.165, 1.54) is 0 Å². The smallest absolute Gasteiger partial charge is 0.182 e. The minimum atomic E-state index is -0.296. The van der Waals surface area contributed by atoms with Crippen molar-refractivity contribution in [1.82, 2.24) is 5.32 Å². The van der Waals surface area contributed by atoms with Gasteiger partial charge in [0.05, 0.1) is 33.5 Å². The normalized spacial score (nSPS) is 19.3. The molecule has 0 spiro atoms. The SMILES string of the molecule is COc1cc(OC)cc(C(=O)C2COCCN2)c1. The van der Waals surface area contributed by atoms with Gasteiger partial charge in [-0.15, -0.1) is 0 Å². The summed E-state index contributed by atoms with van der Waals surface area (Å²) in [6.07, 6.45) is 0. The summed E-state index contributed by atoms with van der Waals surface area (Å²) in [6, 6.07) is 4.86. The molecule has 1 aliphatic heterocycles. The summed E-state index contributed by atoms with van der Waals surface area (Å²) in [5.41, 5.74) is 0.564. The highest BCUT2D eigenvalue weighted by Gasteiger charge is 2.23. The average Bonchev–Trinajstić information content (AvgIpc) is 2.46. The molecule has 1 aromatic rings. The topological polar surface area (TPSA) is 56.8 Å². The van der Waals surface area contributed by atoms with Crippen LogP contribution in [0.5, 0.6) is 11.5 Å². The molecule has 18 heavy (non-hydrogen) atoms. The van der Waals surface area contributed by atoms with Crippen LogP contribution in [0.2, 0.25) is 0 Å². The Morgan fingerprint density at radius 3 is 2.44 bits per heavy atom. The second kappa shape index (κ2) is 5.84. The third-order valence-electron chi connectivity index (χ3n) is 2.87. The summed E-state index contributed by atoms with van der Waals surface area (Å²) in [5, 5.41) is 3.14. The zero-order valence-corrected chi connectivity index (χ0v) is 10.6. The number of ketones is 1. The maximum atomic E-state index is 12.3. The van der Waals surface area contributed by atoms with E-state index in [2.05, 4.69) is 5.32 Å². The van der Waals surface area contributed by atoms with Gasteiger partial charge in [-0.3, -0.25) is 4.79 Å². The van der Waals surface area contributed by atoms with Gasteiger partial charge in [0, 0.05) is 18.2 Å². The third-order valence-corrected chi connectivity index (χ3v) is 2.87. The lowest BCUT2D eigenvalue weighted by molar-refractivity contribution is 0.0607. The number of Topliss-reactive ketones (excluding diaryl/α,β-unsaturated/α-hetero) is 1. The number of carbonyl (C=O) groups is 1. The highest BCUT2D eigenvalue weighted by Crippen LogP contribution is 2.23. The molecule has 0 aliphatic carbocycles. The number of nitrogens with one attached hydrogen (secondary N) is 1. The Hall–Kier alpha value is -1.59. The van der Waals surface area contributed by atoms with Gasteiger partial charge in [-0.2, -0.15) is 0 Å². The molecule has 98 valence electrons. The van der Waals surface area contributed by atoms with E-state index >= 15 is 0 Å². The van der Waals surface area contributed by atoms with Crippen molar-refractivity contribution in [2.24, 2.45) is 0 Å². The van der Waals surface area contributed by atoms with E-state index in [1.807, 2.05) is 0 Å². The molecular formula is C13H17NO4. The number of hydrogen-bond acceptors (Lipinski definition) is 5. The molecule has 1 atom stereocenters. The zero-order chi connectivity index (χ0) is 13.0. The number of rotatable bonds is 4. The summed E-state index contributed by atoms with van der Waals surface area (Å²) in [6.45, 7) is 1.74. The van der Waals surface area contributed by atoms with Crippen LogP contribution in [0.3, 0.4) is 0 Å². The van der Waals surface area contributed by atoms with Gasteiger partial charge >= 0.3 is 0 Å². The van der Waals surface area contributed by atoms with Crippen molar-refractivity contribution in [3.63, 3.8) is 0 Å². The molecule has 1 N–H and O–H groups in total. The molecule has 0 radical (unpaired) electrons. The number of morpholine rings is 1. The molecule has 1 aromatic carbocycles. The number of carbonyl (C=O) groups excluding carboxylic acids is 1. The van der Waals surface area contributed by atoms with E-state index < -0.39 is 0 Å². The molecule has 0 saturated carbocycles. The summed E-state index contributed by atoms with van der Waals surface area (Å²) in [5.74, 6) is 1.20. The van der Waals surface area contributed by atoms with Gasteiger partial charge in [-0.25, -0.2) is 0 Å². The number of methoxy groups -OCH3 is 2. The van der Waals surface area contributed by atoms with E-state index in [4.69, 9.17) is 14.2 Å². The molecule has 0 bridgehead atoms. The Morgan fingerprint density at radius 1 is 1.28 bits per heavy atom. The summed E-state index contributed by atoms with van der Waals surface area (Å²) in [7, 11) is 3.12. The Kier molecular flexibility index (Phi) is 4.17. The van der Waals surface area contributed by atoms with Gasteiger partial charge in [0.2, 0.25) is 0 Å². The van der Waals surface area contributed by atoms with Gasteiger partial charge in [0.25, 0.3) is 0 Å². The number of ether oxygens (including phenoxy) is 3. The highest BCUT2D eigenvalue weighted by atomic mass is 16.5. The monoisotopic (exact) mass is 251 g/mol. The molecule has 0 aromatic heterocycles. The Morgan fingerprint density at radius 2 is 1.94 bits per heavy atom. The van der Waals surface area contributed by atoms with Crippen LogP contribution >= 0.6 is 0 Å². The molecular weight excluding hydrogens is 234 g/mol. The molecule has 1 heterocycles. The van der Waals surface area contributed by atoms with Crippen LogP contribution in [-0.4, -0.2) is 45.8 Å². The molecule has 1 fully saturated rings. The first-order chi connectivity index (χ1) is 8.74. The Balaban J connectivity index is 2.22. The lowest BCUT2D eigenvalue weighted by Gasteiger charge is -2.22. The predicted molar refractivity (Wildman–Crippen MR) is 66.5 cm³/mol. The first-order valence-electron chi connectivity index (χ1n) is 5.83. The van der Waals surface area contributed by atoms with E-state index in [1.54, 1.807) is 32.4 Å². The van der Waals surface area contributed by atoms with E-state index in [0.717, 1.165) is 0 Å². The fourth-order valence-corrected chi connectivity index (χ4v) is 1.88. The summed E-state index contributed by atoms with van der Waals surface area (Å²) in [4.78, 5) is 12.3. The van der Waals surface area contributed by atoms with Crippen molar-refractivity contribution in [2.75, 3.05) is 34.0 Å². The fourth-order valence-electron chi connectivity index (χ4n) is 1.88. The maximum absolute atomic E-state index is 12.3. The molecule has 0 amide bonds. The molecule has 5 heteroatoms. The molecule has 2 rings (SSSR count). The van der Waals surface area contributed by atoms with E-state index in [9.17, 15) is 4.79 Å². The quantitative estimate of drug-likeness (QED) is 0.805. The largest absolute Gasteiger partial charge is 0.497 e. The van der Waals surface area contributed by atoms with Crippen LogP contribution in [0.25, 0.3) is 0 Å². The van der Waals surface area contributed by atoms with Crippen molar-refractivity contribution in [3.05, 3.63) is 23.8 Å². The highest BCUT2D eigenvalue weighted by molar-refractivity contribution is 6.01. The van der Waals surface area contributed by atoms with Crippen LogP contribution in [-0.2, 0) is 4.74 Å². The molecule has 1 aliphatic rings. The van der Waals surface area contributed by atoms with Crippen molar-refractivity contribution >= 4 is 5.78 Å². The minimum absolute atomic E-state index is 0.00750. The molecule has 5 nitrogen and oxygen atoms in total. The molecule has 1 unspecified atom stereocenters. The van der Waals surface area contributed by atoms with Gasteiger partial charge in [0.15, 0.2) is 5.78 Å². The summed E-state index contributed by atoms with van der Waals surface area (Å²) < 4.78 is 15.6. The van der Waals surface area contributed by atoms with Crippen LogP contribution < -0.4 is 14.8 Å². The lowest BCUT2D eigenvalue weighted by atomic mass is 10.0. The predicted octanol–water partition coefficient (Wildman–Crippen LogP) is 0.875. The van der Waals surface area contributed by atoms with Crippen molar-refractivity contribution in [1.29, 1.82) is 0 Å². The van der Waals surface area contributed by atoms with Gasteiger partial charge in [0.1, 0.15) is 11.5 Å². The number of hydrogen-bond donors (Lipinski definition) is 1. The first kappa shape index (κ1) is 12.9. The minimum Gasteiger partial charge on any atom is -0.497 e. The second-order valence-electron chi connectivity index (χ2n) is 4.05. The fraction of sp³-hybridized carbons (Fsp3) is 0.462. The van der Waals surface area contributed by atoms with Crippen LogP contribution in [0.1, 0.15) is 10.4 Å². The van der Waals surface area contributed by atoms with Crippen LogP contribution in [0.15, 0.2) is 18.2 Å². The van der Waals surface area contributed by atoms with E-state index in [-0.39, 0.29) is 11.8 Å². The molecule has 1 saturated heterocycles. The number of benzene rings is 1. The van der Waals surface area contributed by atoms with Crippen molar-refractivity contribution in [3.8, 4) is 11.5 Å². The van der Waals surface area contributed by atoms with Crippen molar-refractivity contribution < 1.29 is 19.0 Å². The summed E-state index contributed by atoms with van der Waals surface area (Å²) >= 11 is 0. The Labute approximate surface area is 106 Å². The average molecular weight is 251 g/mol. The third kappa shape index (κ3) is 2.80. The van der Waals surface area contributed by atoms with Crippen LogP contribution in [0, 0.1) is 0 Å². The Bertz CT molecular complexity index is 405. The van der Waals surface area contributed by atoms with Gasteiger partial charge in [-0.05, 0) is 12.1 Å². The van der Waals surface area contributed by atoms with E-state index in [0.29, 0.717) is 36.8 Å². The van der Waals surface area contributed by atoms with Crippen LogP contribution in [0.4, 0.5) is 0 Å². The van der Waals surface area contributed by atoms with Gasteiger partial charge in [-0.1, -0.05) is 0 Å².